The van der Waals surface area contributed by atoms with Gasteiger partial charge in [-0.1, -0.05) is 0 Å². The fourth-order valence-electron chi connectivity index (χ4n) is 3.29. The summed E-state index contributed by atoms with van der Waals surface area (Å²) in [6.07, 6.45) is 3.24. The quantitative estimate of drug-likeness (QED) is 0.566. The molecule has 0 bridgehead atoms. The molecule has 1 N–H and O–H groups in total. The maximum atomic E-state index is 13.0. The van der Waals surface area contributed by atoms with Crippen LogP contribution in [0, 0.1) is 0 Å². The molecule has 3 aromatic rings. The number of ether oxygens (including phenoxy) is 3. The predicted molar refractivity (Wildman–Crippen MR) is 121 cm³/mol. The van der Waals surface area contributed by atoms with E-state index in [0.29, 0.717) is 36.0 Å². The highest BCUT2D eigenvalue weighted by molar-refractivity contribution is 7.89. The van der Waals surface area contributed by atoms with E-state index in [0.717, 1.165) is 0 Å². The topological polar surface area (TPSA) is 107 Å². The van der Waals surface area contributed by atoms with E-state index >= 15 is 0 Å². The zero-order valence-electron chi connectivity index (χ0n) is 17.9. The first-order valence-corrected chi connectivity index (χ1v) is 11.7. The van der Waals surface area contributed by atoms with Crippen LogP contribution in [0.5, 0.6) is 17.2 Å². The van der Waals surface area contributed by atoms with Crippen molar-refractivity contribution >= 4 is 21.6 Å². The van der Waals surface area contributed by atoms with Crippen molar-refractivity contribution in [1.82, 2.24) is 9.29 Å². The number of anilines is 1. The zero-order valence-corrected chi connectivity index (χ0v) is 18.7. The number of rotatable bonds is 7. The monoisotopic (exact) mass is 469 g/mol. The lowest BCUT2D eigenvalue weighted by atomic mass is 10.2. The maximum Gasteiger partial charge on any atom is 0.255 e. The molecule has 1 aliphatic heterocycles. The first-order valence-electron chi connectivity index (χ1n) is 10.2. The van der Waals surface area contributed by atoms with E-state index in [2.05, 4.69) is 10.3 Å². The number of morpholine rings is 1. The smallest absolute Gasteiger partial charge is 0.255 e. The number of nitrogens with zero attached hydrogens (tertiary/aromatic N) is 2. The summed E-state index contributed by atoms with van der Waals surface area (Å²) in [4.78, 5) is 16.9. The van der Waals surface area contributed by atoms with E-state index in [1.807, 2.05) is 0 Å². The van der Waals surface area contributed by atoms with E-state index in [1.165, 1.54) is 29.6 Å². The molecular formula is C23H23N3O6S. The van der Waals surface area contributed by atoms with Crippen LogP contribution in [0.3, 0.4) is 0 Å². The molecule has 33 heavy (non-hydrogen) atoms. The molecule has 0 saturated carbocycles. The van der Waals surface area contributed by atoms with Crippen LogP contribution in [0.2, 0.25) is 0 Å². The summed E-state index contributed by atoms with van der Waals surface area (Å²) in [5, 5.41) is 2.74. The Morgan fingerprint density at radius 1 is 1.06 bits per heavy atom. The second-order valence-electron chi connectivity index (χ2n) is 7.15. The number of aromatic nitrogens is 1. The summed E-state index contributed by atoms with van der Waals surface area (Å²) in [7, 11) is -2.27. The molecule has 0 spiro atoms. The fraction of sp³-hybridized carbons (Fsp3) is 0.217. The van der Waals surface area contributed by atoms with Crippen molar-refractivity contribution in [3.05, 3.63) is 72.6 Å². The van der Waals surface area contributed by atoms with Crippen LogP contribution < -0.4 is 14.8 Å². The van der Waals surface area contributed by atoms with Gasteiger partial charge >= 0.3 is 0 Å². The van der Waals surface area contributed by atoms with Crippen LogP contribution in [0.25, 0.3) is 0 Å². The minimum absolute atomic E-state index is 0.0701. The van der Waals surface area contributed by atoms with Crippen molar-refractivity contribution in [3.8, 4) is 17.2 Å². The third kappa shape index (κ3) is 5.30. The summed E-state index contributed by atoms with van der Waals surface area (Å²) >= 11 is 0. The SMILES string of the molecule is COc1ccc(S(=O)(=O)N2CCOCC2)cc1NC(=O)c1ccc(Oc2cccnc2)cc1. The molecule has 1 fully saturated rings. The largest absolute Gasteiger partial charge is 0.495 e. The molecular weight excluding hydrogens is 446 g/mol. The molecule has 172 valence electrons. The molecule has 1 saturated heterocycles. The molecule has 0 unspecified atom stereocenters. The molecule has 1 aromatic heterocycles. The van der Waals surface area contributed by atoms with Crippen molar-refractivity contribution in [3.63, 3.8) is 0 Å². The number of sulfonamides is 1. The number of methoxy groups -OCH3 is 1. The standard InChI is InChI=1S/C23H23N3O6S/c1-30-22-9-8-20(33(28,29)26-11-13-31-14-12-26)15-21(22)25-23(27)17-4-6-18(7-5-17)32-19-3-2-10-24-16-19/h2-10,15-16H,11-14H2,1H3,(H,25,27). The van der Waals surface area contributed by atoms with Crippen molar-refractivity contribution < 1.29 is 27.4 Å². The Bertz CT molecular complexity index is 1210. The number of carbonyl (C=O) groups is 1. The summed E-state index contributed by atoms with van der Waals surface area (Å²) in [6, 6.07) is 14.5. The van der Waals surface area contributed by atoms with Crippen LogP contribution in [0.4, 0.5) is 5.69 Å². The lowest BCUT2D eigenvalue weighted by Gasteiger charge is -2.26. The highest BCUT2D eigenvalue weighted by Crippen LogP contribution is 2.30. The van der Waals surface area contributed by atoms with E-state index in [-0.39, 0.29) is 23.7 Å². The first kappa shape index (κ1) is 22.7. The Balaban J connectivity index is 1.51. The zero-order chi connectivity index (χ0) is 23.3. The fourth-order valence-corrected chi connectivity index (χ4v) is 4.73. The minimum Gasteiger partial charge on any atom is -0.495 e. The second kappa shape index (κ2) is 9.99. The summed E-state index contributed by atoms with van der Waals surface area (Å²) in [5.41, 5.74) is 0.629. The van der Waals surface area contributed by atoms with Crippen LogP contribution in [0.15, 0.2) is 71.9 Å². The number of hydrogen-bond acceptors (Lipinski definition) is 7. The van der Waals surface area contributed by atoms with Gasteiger partial charge in [-0.15, -0.1) is 0 Å². The Labute approximate surface area is 192 Å². The molecule has 0 aliphatic carbocycles. The first-order chi connectivity index (χ1) is 16.0. The Morgan fingerprint density at radius 2 is 1.82 bits per heavy atom. The average molecular weight is 470 g/mol. The van der Waals surface area contributed by atoms with Gasteiger partial charge in [-0.3, -0.25) is 9.78 Å². The highest BCUT2D eigenvalue weighted by Gasteiger charge is 2.27. The number of nitrogens with one attached hydrogen (secondary N) is 1. The average Bonchev–Trinajstić information content (AvgIpc) is 2.85. The number of carbonyl (C=O) groups excluding carboxylic acids is 1. The normalized spacial score (nSPS) is 14.5. The molecule has 4 rings (SSSR count). The van der Waals surface area contributed by atoms with Crippen molar-refractivity contribution in [2.75, 3.05) is 38.7 Å². The van der Waals surface area contributed by atoms with Gasteiger partial charge in [-0.05, 0) is 54.6 Å². The molecule has 10 heteroatoms. The molecule has 0 atom stereocenters. The van der Waals surface area contributed by atoms with Gasteiger partial charge in [0.05, 0.1) is 37.1 Å². The Hall–Kier alpha value is -3.47. The van der Waals surface area contributed by atoms with Gasteiger partial charge in [0.2, 0.25) is 10.0 Å². The van der Waals surface area contributed by atoms with Crippen LogP contribution in [-0.2, 0) is 14.8 Å². The second-order valence-corrected chi connectivity index (χ2v) is 9.09. The third-order valence-electron chi connectivity index (χ3n) is 5.01. The van der Waals surface area contributed by atoms with E-state index in [4.69, 9.17) is 14.2 Å². The molecule has 2 heterocycles. The molecule has 2 aromatic carbocycles. The minimum atomic E-state index is -3.72. The van der Waals surface area contributed by atoms with Gasteiger partial charge in [0, 0.05) is 24.8 Å². The van der Waals surface area contributed by atoms with Crippen LogP contribution >= 0.6 is 0 Å². The Morgan fingerprint density at radius 3 is 2.48 bits per heavy atom. The van der Waals surface area contributed by atoms with Crippen molar-refractivity contribution in [2.45, 2.75) is 4.90 Å². The number of amides is 1. The highest BCUT2D eigenvalue weighted by atomic mass is 32.2. The molecule has 9 nitrogen and oxygen atoms in total. The summed E-state index contributed by atoms with van der Waals surface area (Å²) in [5.74, 6) is 1.07. The van der Waals surface area contributed by atoms with Gasteiger partial charge in [-0.2, -0.15) is 4.31 Å². The Kier molecular flexibility index (Phi) is 6.87. The van der Waals surface area contributed by atoms with E-state index in [9.17, 15) is 13.2 Å². The van der Waals surface area contributed by atoms with Gasteiger partial charge < -0.3 is 19.5 Å². The predicted octanol–water partition coefficient (Wildman–Crippen LogP) is 3.16. The number of pyridine rings is 1. The van der Waals surface area contributed by atoms with Crippen LogP contribution in [-0.4, -0.2) is 57.0 Å². The summed E-state index contributed by atoms with van der Waals surface area (Å²) < 4.78 is 43.6. The lowest BCUT2D eigenvalue weighted by Crippen LogP contribution is -2.40. The van der Waals surface area contributed by atoms with Crippen molar-refractivity contribution in [1.29, 1.82) is 0 Å². The third-order valence-corrected chi connectivity index (χ3v) is 6.91. The van der Waals surface area contributed by atoms with Gasteiger partial charge in [0.15, 0.2) is 0 Å². The molecule has 1 amide bonds. The number of hydrogen-bond donors (Lipinski definition) is 1. The van der Waals surface area contributed by atoms with Crippen molar-refractivity contribution in [2.24, 2.45) is 0 Å². The van der Waals surface area contributed by atoms with Gasteiger partial charge in [0.25, 0.3) is 5.91 Å². The molecule has 1 aliphatic rings. The van der Waals surface area contributed by atoms with E-state index in [1.54, 1.807) is 48.8 Å². The summed E-state index contributed by atoms with van der Waals surface area (Å²) in [6.45, 7) is 1.26. The van der Waals surface area contributed by atoms with Gasteiger partial charge in [0.1, 0.15) is 17.2 Å². The molecule has 0 radical (unpaired) electrons. The maximum absolute atomic E-state index is 13.0. The van der Waals surface area contributed by atoms with Crippen LogP contribution in [0.1, 0.15) is 10.4 Å². The number of benzene rings is 2. The van der Waals surface area contributed by atoms with Gasteiger partial charge in [-0.25, -0.2) is 8.42 Å². The lowest BCUT2D eigenvalue weighted by molar-refractivity contribution is 0.0730. The van der Waals surface area contributed by atoms with E-state index < -0.39 is 15.9 Å².